The van der Waals surface area contributed by atoms with Gasteiger partial charge in [-0.3, -0.25) is 9.59 Å². The molecule has 0 saturated carbocycles. The molecule has 1 saturated heterocycles. The second-order valence-corrected chi connectivity index (χ2v) is 6.21. The molecule has 0 radical (unpaired) electrons. The van der Waals surface area contributed by atoms with Gasteiger partial charge in [0.15, 0.2) is 18.2 Å². The number of nitrogens with one attached hydrogen (secondary N) is 1. The second-order valence-electron chi connectivity index (χ2n) is 6.21. The van der Waals surface area contributed by atoms with Crippen molar-refractivity contribution in [2.75, 3.05) is 25.0 Å². The van der Waals surface area contributed by atoms with Gasteiger partial charge >= 0.3 is 0 Å². The Labute approximate surface area is 151 Å². The number of anilines is 1. The van der Waals surface area contributed by atoms with E-state index in [0.29, 0.717) is 13.1 Å². The zero-order valence-corrected chi connectivity index (χ0v) is 14.6. The molecule has 26 heavy (non-hydrogen) atoms. The molecule has 1 aliphatic rings. The van der Waals surface area contributed by atoms with E-state index in [9.17, 15) is 14.0 Å². The van der Waals surface area contributed by atoms with Crippen molar-refractivity contribution in [3.05, 3.63) is 59.9 Å². The van der Waals surface area contributed by atoms with Crippen LogP contribution in [0, 0.1) is 11.7 Å². The van der Waals surface area contributed by atoms with E-state index in [4.69, 9.17) is 4.74 Å². The third kappa shape index (κ3) is 4.02. The molecule has 2 amide bonds. The number of amides is 2. The summed E-state index contributed by atoms with van der Waals surface area (Å²) in [6.45, 7) is 2.48. The Balaban J connectivity index is 1.46. The van der Waals surface area contributed by atoms with Crippen LogP contribution in [0.3, 0.4) is 0 Å². The van der Waals surface area contributed by atoms with Crippen LogP contribution in [0.4, 0.5) is 10.1 Å². The molecule has 0 aliphatic carbocycles. The molecular weight excluding hydrogens is 335 g/mol. The maximum atomic E-state index is 13.5. The van der Waals surface area contributed by atoms with Gasteiger partial charge in [0.1, 0.15) is 0 Å². The van der Waals surface area contributed by atoms with Gasteiger partial charge in [-0.25, -0.2) is 4.39 Å². The first-order valence-electron chi connectivity index (χ1n) is 8.62. The summed E-state index contributed by atoms with van der Waals surface area (Å²) in [7, 11) is 0. The van der Waals surface area contributed by atoms with E-state index >= 15 is 0 Å². The molecule has 1 heterocycles. The van der Waals surface area contributed by atoms with Crippen LogP contribution in [-0.2, 0) is 16.0 Å². The molecule has 136 valence electrons. The topological polar surface area (TPSA) is 58.6 Å². The first kappa shape index (κ1) is 17.9. The summed E-state index contributed by atoms with van der Waals surface area (Å²) in [5, 5.41) is 2.93. The largest absolute Gasteiger partial charge is 0.481 e. The lowest BCUT2D eigenvalue weighted by Crippen LogP contribution is -2.55. The lowest BCUT2D eigenvalue weighted by molar-refractivity contribution is -0.143. The van der Waals surface area contributed by atoms with E-state index in [0.717, 1.165) is 17.7 Å². The van der Waals surface area contributed by atoms with Gasteiger partial charge in [0, 0.05) is 18.8 Å². The minimum Gasteiger partial charge on any atom is -0.481 e. The molecule has 1 fully saturated rings. The predicted octanol–water partition coefficient (Wildman–Crippen LogP) is 2.86. The van der Waals surface area contributed by atoms with E-state index in [2.05, 4.69) is 5.32 Å². The summed E-state index contributed by atoms with van der Waals surface area (Å²) in [5.41, 5.74) is 1.89. The highest BCUT2D eigenvalue weighted by Crippen LogP contribution is 2.21. The number of likely N-dealkylation sites (tertiary alicyclic amines) is 1. The maximum Gasteiger partial charge on any atom is 0.260 e. The molecule has 3 rings (SSSR count). The third-order valence-electron chi connectivity index (χ3n) is 4.45. The number of para-hydroxylation sites is 2. The van der Waals surface area contributed by atoms with Crippen molar-refractivity contribution in [3.63, 3.8) is 0 Å². The molecule has 0 spiro atoms. The first-order chi connectivity index (χ1) is 12.6. The number of ether oxygens (including phenoxy) is 1. The van der Waals surface area contributed by atoms with E-state index in [1.807, 2.05) is 31.2 Å². The second kappa shape index (κ2) is 7.99. The molecule has 0 unspecified atom stereocenters. The fourth-order valence-corrected chi connectivity index (χ4v) is 2.83. The average Bonchev–Trinajstić information content (AvgIpc) is 2.60. The van der Waals surface area contributed by atoms with Gasteiger partial charge in [0.05, 0.1) is 5.92 Å². The Morgan fingerprint density at radius 2 is 1.85 bits per heavy atom. The van der Waals surface area contributed by atoms with E-state index in [1.165, 1.54) is 17.0 Å². The predicted molar refractivity (Wildman–Crippen MR) is 96.4 cm³/mol. The molecule has 0 atom stereocenters. The van der Waals surface area contributed by atoms with Crippen molar-refractivity contribution in [2.45, 2.75) is 13.3 Å². The van der Waals surface area contributed by atoms with Crippen LogP contribution < -0.4 is 10.1 Å². The maximum absolute atomic E-state index is 13.5. The number of aryl methyl sites for hydroxylation is 1. The highest BCUT2D eigenvalue weighted by Gasteiger charge is 2.35. The summed E-state index contributed by atoms with van der Waals surface area (Å²) in [6, 6.07) is 13.6. The van der Waals surface area contributed by atoms with E-state index in [-0.39, 0.29) is 30.1 Å². The van der Waals surface area contributed by atoms with Crippen LogP contribution in [0.1, 0.15) is 12.5 Å². The number of carbonyl (C=O) groups is 2. The SMILES string of the molecule is CCc1ccccc1NC(=O)C1CN(C(=O)COc2ccccc2F)C1. The van der Waals surface area contributed by atoms with Crippen LogP contribution >= 0.6 is 0 Å². The Kier molecular flexibility index (Phi) is 5.51. The normalized spacial score (nSPS) is 13.8. The van der Waals surface area contributed by atoms with Gasteiger partial charge in [-0.15, -0.1) is 0 Å². The number of halogens is 1. The van der Waals surface area contributed by atoms with Gasteiger partial charge in [-0.1, -0.05) is 37.3 Å². The highest BCUT2D eigenvalue weighted by molar-refractivity contribution is 5.95. The zero-order valence-electron chi connectivity index (χ0n) is 14.6. The molecule has 2 aromatic rings. The Morgan fingerprint density at radius 3 is 2.58 bits per heavy atom. The summed E-state index contributed by atoms with van der Waals surface area (Å²) in [5.74, 6) is -1.05. The van der Waals surface area contributed by atoms with Crippen LogP contribution in [0.2, 0.25) is 0 Å². The first-order valence-corrected chi connectivity index (χ1v) is 8.62. The Morgan fingerprint density at radius 1 is 1.15 bits per heavy atom. The quantitative estimate of drug-likeness (QED) is 0.866. The zero-order chi connectivity index (χ0) is 18.5. The molecule has 1 N–H and O–H groups in total. The van der Waals surface area contributed by atoms with Gasteiger partial charge in [-0.2, -0.15) is 0 Å². The van der Waals surface area contributed by atoms with Crippen molar-refractivity contribution < 1.29 is 18.7 Å². The van der Waals surface area contributed by atoms with Crippen LogP contribution in [0.15, 0.2) is 48.5 Å². The number of nitrogens with zero attached hydrogens (tertiary/aromatic N) is 1. The van der Waals surface area contributed by atoms with Crippen molar-refractivity contribution in [1.82, 2.24) is 4.90 Å². The molecule has 5 nitrogen and oxygen atoms in total. The van der Waals surface area contributed by atoms with E-state index in [1.54, 1.807) is 12.1 Å². The molecule has 0 aromatic heterocycles. The van der Waals surface area contributed by atoms with Crippen LogP contribution in [-0.4, -0.2) is 36.4 Å². The van der Waals surface area contributed by atoms with Gasteiger partial charge in [0.2, 0.25) is 5.91 Å². The molecule has 0 bridgehead atoms. The van der Waals surface area contributed by atoms with Crippen molar-refractivity contribution in [3.8, 4) is 5.75 Å². The summed E-state index contributed by atoms with van der Waals surface area (Å²) in [6.07, 6.45) is 0.832. The third-order valence-corrected chi connectivity index (χ3v) is 4.45. The fourth-order valence-electron chi connectivity index (χ4n) is 2.83. The summed E-state index contributed by atoms with van der Waals surface area (Å²) < 4.78 is 18.7. The van der Waals surface area contributed by atoms with Crippen LogP contribution in [0.5, 0.6) is 5.75 Å². The fraction of sp³-hybridized carbons (Fsp3) is 0.300. The molecular formula is C20H21FN2O3. The van der Waals surface area contributed by atoms with Crippen LogP contribution in [0.25, 0.3) is 0 Å². The molecule has 6 heteroatoms. The Hall–Kier alpha value is -2.89. The lowest BCUT2D eigenvalue weighted by Gasteiger charge is -2.38. The number of rotatable bonds is 6. The number of hydrogen-bond donors (Lipinski definition) is 1. The van der Waals surface area contributed by atoms with Crippen molar-refractivity contribution >= 4 is 17.5 Å². The van der Waals surface area contributed by atoms with Gasteiger partial charge in [0.25, 0.3) is 5.91 Å². The number of hydrogen-bond acceptors (Lipinski definition) is 3. The van der Waals surface area contributed by atoms with Crippen molar-refractivity contribution in [1.29, 1.82) is 0 Å². The minimum atomic E-state index is -0.504. The average molecular weight is 356 g/mol. The van der Waals surface area contributed by atoms with Crippen molar-refractivity contribution in [2.24, 2.45) is 5.92 Å². The molecule has 1 aliphatic heterocycles. The number of benzene rings is 2. The summed E-state index contributed by atoms with van der Waals surface area (Å²) >= 11 is 0. The highest BCUT2D eigenvalue weighted by atomic mass is 19.1. The molecule has 2 aromatic carbocycles. The van der Waals surface area contributed by atoms with E-state index < -0.39 is 5.82 Å². The van der Waals surface area contributed by atoms with Gasteiger partial charge < -0.3 is 15.0 Å². The smallest absolute Gasteiger partial charge is 0.260 e. The number of carbonyl (C=O) groups excluding carboxylic acids is 2. The Bertz CT molecular complexity index is 803. The summed E-state index contributed by atoms with van der Waals surface area (Å²) in [4.78, 5) is 25.9. The minimum absolute atomic E-state index is 0.0480. The standard InChI is InChI=1S/C20H21FN2O3/c1-2-14-7-3-5-9-17(14)22-20(25)15-11-23(12-15)19(24)13-26-18-10-6-4-8-16(18)21/h3-10,15H,2,11-13H2,1H3,(H,22,25). The lowest BCUT2D eigenvalue weighted by atomic mass is 9.98. The monoisotopic (exact) mass is 356 g/mol. The van der Waals surface area contributed by atoms with Gasteiger partial charge in [-0.05, 0) is 30.2 Å².